The van der Waals surface area contributed by atoms with Crippen molar-refractivity contribution in [3.05, 3.63) is 42.4 Å². The molecule has 0 N–H and O–H groups in total. The predicted octanol–water partition coefficient (Wildman–Crippen LogP) is 2.59. The standard InChI is InChI=1S/C21H28N6O2/c1-16(14-29-2)27-19(24-18-6-4-9-23-21(18)27)7-3-8-20(28)25-10-5-11-26-15-22-12-17(26)13-25/h4,6,9,12,15-16H,3,5,7-8,10-11,13-14H2,1-2H3/t16-/m0/s1. The molecule has 1 aliphatic rings. The van der Waals surface area contributed by atoms with E-state index in [0.29, 0.717) is 19.6 Å². The third-order valence-corrected chi connectivity index (χ3v) is 5.49. The van der Waals surface area contributed by atoms with Gasteiger partial charge in [-0.05, 0) is 31.9 Å². The zero-order chi connectivity index (χ0) is 20.2. The van der Waals surface area contributed by atoms with Crippen LogP contribution in [0.25, 0.3) is 11.2 Å². The first kappa shape index (κ1) is 19.6. The minimum absolute atomic E-state index is 0.136. The number of imidazole rings is 2. The van der Waals surface area contributed by atoms with Crippen LogP contribution in [0.1, 0.15) is 43.7 Å². The predicted molar refractivity (Wildman–Crippen MR) is 109 cm³/mol. The van der Waals surface area contributed by atoms with Crippen molar-refractivity contribution < 1.29 is 9.53 Å². The number of fused-ring (bicyclic) bond motifs is 2. The number of hydrogen-bond donors (Lipinski definition) is 0. The van der Waals surface area contributed by atoms with Crippen molar-refractivity contribution in [2.75, 3.05) is 20.3 Å². The van der Waals surface area contributed by atoms with Crippen molar-refractivity contribution in [3.63, 3.8) is 0 Å². The summed E-state index contributed by atoms with van der Waals surface area (Å²) in [5.41, 5.74) is 2.87. The van der Waals surface area contributed by atoms with Crippen molar-refractivity contribution in [3.8, 4) is 0 Å². The molecule has 0 bridgehead atoms. The smallest absolute Gasteiger partial charge is 0.222 e. The van der Waals surface area contributed by atoms with Crippen LogP contribution in [0.5, 0.6) is 0 Å². The fourth-order valence-corrected chi connectivity index (χ4v) is 4.09. The molecule has 0 aromatic carbocycles. The Balaban J connectivity index is 1.42. The average molecular weight is 396 g/mol. The monoisotopic (exact) mass is 396 g/mol. The molecule has 1 amide bonds. The van der Waals surface area contributed by atoms with Crippen LogP contribution in [0.4, 0.5) is 0 Å². The van der Waals surface area contributed by atoms with Crippen LogP contribution in [-0.4, -0.2) is 55.2 Å². The lowest BCUT2D eigenvalue weighted by Gasteiger charge is -2.20. The summed E-state index contributed by atoms with van der Waals surface area (Å²) in [5.74, 6) is 1.16. The van der Waals surface area contributed by atoms with Crippen molar-refractivity contribution in [2.24, 2.45) is 0 Å². The van der Waals surface area contributed by atoms with E-state index in [9.17, 15) is 4.79 Å². The van der Waals surface area contributed by atoms with E-state index in [-0.39, 0.29) is 11.9 Å². The van der Waals surface area contributed by atoms with Gasteiger partial charge in [0, 0.05) is 45.4 Å². The Labute approximate surface area is 170 Å². The van der Waals surface area contributed by atoms with Crippen molar-refractivity contribution in [1.82, 2.24) is 29.0 Å². The average Bonchev–Trinajstić information content (AvgIpc) is 3.25. The third-order valence-electron chi connectivity index (χ3n) is 5.49. The number of ether oxygens (including phenoxy) is 1. The van der Waals surface area contributed by atoms with Gasteiger partial charge in [-0.3, -0.25) is 4.79 Å². The summed E-state index contributed by atoms with van der Waals surface area (Å²) in [6.45, 7) is 5.07. The van der Waals surface area contributed by atoms with E-state index < -0.39 is 0 Å². The van der Waals surface area contributed by atoms with E-state index in [0.717, 1.165) is 55.0 Å². The summed E-state index contributed by atoms with van der Waals surface area (Å²) >= 11 is 0. The quantitative estimate of drug-likeness (QED) is 0.613. The molecule has 154 valence electrons. The molecule has 0 radical (unpaired) electrons. The number of carbonyl (C=O) groups is 1. The maximum Gasteiger partial charge on any atom is 0.222 e. The van der Waals surface area contributed by atoms with Gasteiger partial charge in [0.1, 0.15) is 11.3 Å². The first-order valence-electron chi connectivity index (χ1n) is 10.2. The zero-order valence-electron chi connectivity index (χ0n) is 17.1. The molecule has 0 saturated carbocycles. The van der Waals surface area contributed by atoms with Gasteiger partial charge in [-0.1, -0.05) is 0 Å². The van der Waals surface area contributed by atoms with E-state index in [1.54, 1.807) is 13.3 Å². The number of aromatic nitrogens is 5. The van der Waals surface area contributed by atoms with Gasteiger partial charge < -0.3 is 18.8 Å². The molecular weight excluding hydrogens is 368 g/mol. The lowest BCUT2D eigenvalue weighted by atomic mass is 10.2. The van der Waals surface area contributed by atoms with Gasteiger partial charge in [0.05, 0.1) is 31.2 Å². The first-order chi connectivity index (χ1) is 14.2. The zero-order valence-corrected chi connectivity index (χ0v) is 17.1. The molecule has 0 unspecified atom stereocenters. The molecule has 0 aliphatic carbocycles. The number of pyridine rings is 1. The summed E-state index contributed by atoms with van der Waals surface area (Å²) in [6, 6.07) is 4.02. The molecule has 0 saturated heterocycles. The maximum atomic E-state index is 12.8. The van der Waals surface area contributed by atoms with Gasteiger partial charge in [0.15, 0.2) is 5.65 Å². The highest BCUT2D eigenvalue weighted by Gasteiger charge is 2.20. The number of carbonyl (C=O) groups excluding carboxylic acids is 1. The Morgan fingerprint density at radius 3 is 3.10 bits per heavy atom. The highest BCUT2D eigenvalue weighted by Crippen LogP contribution is 2.21. The summed E-state index contributed by atoms with van der Waals surface area (Å²) in [6.07, 6.45) is 8.48. The first-order valence-corrected chi connectivity index (χ1v) is 10.2. The van der Waals surface area contributed by atoms with Gasteiger partial charge in [-0.2, -0.15) is 0 Å². The molecule has 8 heteroatoms. The second kappa shape index (κ2) is 8.73. The van der Waals surface area contributed by atoms with Crippen LogP contribution in [0.3, 0.4) is 0 Å². The van der Waals surface area contributed by atoms with Crippen LogP contribution in [0.15, 0.2) is 30.9 Å². The molecule has 3 aromatic heterocycles. The van der Waals surface area contributed by atoms with E-state index in [1.807, 2.05) is 29.6 Å². The SMILES string of the molecule is COC[C@H](C)n1c(CCCC(=O)N2CCCn3cncc3C2)nc2cccnc21. The molecule has 3 aromatic rings. The van der Waals surface area contributed by atoms with Gasteiger partial charge in [0.2, 0.25) is 5.91 Å². The molecule has 0 fully saturated rings. The fourth-order valence-electron chi connectivity index (χ4n) is 4.09. The second-order valence-electron chi connectivity index (χ2n) is 7.65. The minimum Gasteiger partial charge on any atom is -0.383 e. The van der Waals surface area contributed by atoms with Gasteiger partial charge in [-0.25, -0.2) is 15.0 Å². The maximum absolute atomic E-state index is 12.8. The number of amides is 1. The molecule has 1 atom stereocenters. The summed E-state index contributed by atoms with van der Waals surface area (Å²) in [5, 5.41) is 0. The Morgan fingerprint density at radius 2 is 2.24 bits per heavy atom. The van der Waals surface area contributed by atoms with Gasteiger partial charge in [-0.15, -0.1) is 0 Å². The van der Waals surface area contributed by atoms with E-state index >= 15 is 0 Å². The van der Waals surface area contributed by atoms with Crippen molar-refractivity contribution >= 4 is 17.1 Å². The summed E-state index contributed by atoms with van der Waals surface area (Å²) < 4.78 is 9.63. The molecule has 29 heavy (non-hydrogen) atoms. The number of nitrogens with zero attached hydrogens (tertiary/aromatic N) is 6. The highest BCUT2D eigenvalue weighted by molar-refractivity contribution is 5.76. The minimum atomic E-state index is 0.136. The molecule has 4 heterocycles. The van der Waals surface area contributed by atoms with Crippen LogP contribution in [0, 0.1) is 0 Å². The van der Waals surface area contributed by atoms with Crippen LogP contribution >= 0.6 is 0 Å². The summed E-state index contributed by atoms with van der Waals surface area (Å²) in [7, 11) is 1.70. The van der Waals surface area contributed by atoms with E-state index in [2.05, 4.69) is 26.0 Å². The Hall–Kier alpha value is -2.74. The second-order valence-corrected chi connectivity index (χ2v) is 7.65. The van der Waals surface area contributed by atoms with Gasteiger partial charge >= 0.3 is 0 Å². The fraction of sp³-hybridized carbons (Fsp3) is 0.524. The summed E-state index contributed by atoms with van der Waals surface area (Å²) in [4.78, 5) is 28.2. The van der Waals surface area contributed by atoms with Crippen molar-refractivity contribution in [2.45, 2.75) is 51.7 Å². The van der Waals surface area contributed by atoms with Gasteiger partial charge in [0.25, 0.3) is 0 Å². The molecule has 0 spiro atoms. The Morgan fingerprint density at radius 1 is 1.34 bits per heavy atom. The normalized spacial score (nSPS) is 15.3. The van der Waals surface area contributed by atoms with Crippen LogP contribution in [-0.2, 0) is 29.0 Å². The van der Waals surface area contributed by atoms with Crippen molar-refractivity contribution in [1.29, 1.82) is 0 Å². The van der Waals surface area contributed by atoms with E-state index in [1.165, 1.54) is 0 Å². The number of rotatable bonds is 7. The Bertz CT molecular complexity index is 979. The Kier molecular flexibility index (Phi) is 5.89. The third kappa shape index (κ3) is 4.17. The number of methoxy groups -OCH3 is 1. The molecule has 8 nitrogen and oxygen atoms in total. The molecular formula is C21H28N6O2. The highest BCUT2D eigenvalue weighted by atomic mass is 16.5. The van der Waals surface area contributed by atoms with Crippen LogP contribution in [0.2, 0.25) is 0 Å². The number of aryl methyl sites for hydroxylation is 2. The number of hydrogen-bond acceptors (Lipinski definition) is 5. The molecule has 1 aliphatic heterocycles. The lowest BCUT2D eigenvalue weighted by Crippen LogP contribution is -2.30. The lowest BCUT2D eigenvalue weighted by molar-refractivity contribution is -0.131. The topological polar surface area (TPSA) is 78.1 Å². The largest absolute Gasteiger partial charge is 0.383 e. The van der Waals surface area contributed by atoms with E-state index in [4.69, 9.17) is 9.72 Å². The van der Waals surface area contributed by atoms with Crippen LogP contribution < -0.4 is 0 Å². The molecule has 4 rings (SSSR count).